The molecule has 1 aliphatic rings. The van der Waals surface area contributed by atoms with Crippen LogP contribution in [0.25, 0.3) is 11.4 Å². The summed E-state index contributed by atoms with van der Waals surface area (Å²) >= 11 is 0. The number of nitrogens with one attached hydrogen (secondary N) is 1. The van der Waals surface area contributed by atoms with E-state index in [9.17, 15) is 0 Å². The van der Waals surface area contributed by atoms with E-state index in [4.69, 9.17) is 19.2 Å². The molecule has 2 atom stereocenters. The van der Waals surface area contributed by atoms with E-state index in [2.05, 4.69) is 27.2 Å². The molecule has 164 valence electrons. The number of aromatic nitrogens is 3. The summed E-state index contributed by atoms with van der Waals surface area (Å²) in [4.78, 5) is 7.25. The van der Waals surface area contributed by atoms with Crippen LogP contribution in [0.15, 0.2) is 48.5 Å². The fourth-order valence-electron chi connectivity index (χ4n) is 4.28. The van der Waals surface area contributed by atoms with E-state index in [1.165, 1.54) is 5.56 Å². The molecule has 2 heterocycles. The van der Waals surface area contributed by atoms with Gasteiger partial charge in [-0.2, -0.15) is 5.10 Å². The number of hydrogen-bond donors (Lipinski definition) is 1. The molecule has 7 heteroatoms. The molecule has 0 spiro atoms. The van der Waals surface area contributed by atoms with Crippen molar-refractivity contribution in [3.05, 3.63) is 59.9 Å². The smallest absolute Gasteiger partial charge is 0.181 e. The largest absolute Gasteiger partial charge is 0.493 e. The summed E-state index contributed by atoms with van der Waals surface area (Å²) in [5, 5.41) is 7.64. The SMILES string of the molecule is CCOc1ccc(CN2C[C@@H](COC)[C@H](c3nc(-c4ccccc4)n[nH]3)C2)cc1OC. The van der Waals surface area contributed by atoms with Crippen LogP contribution < -0.4 is 9.47 Å². The summed E-state index contributed by atoms with van der Waals surface area (Å²) in [5.41, 5.74) is 2.21. The number of rotatable bonds is 9. The molecule has 2 aromatic carbocycles. The first-order valence-electron chi connectivity index (χ1n) is 10.7. The molecule has 7 nitrogen and oxygen atoms in total. The lowest BCUT2D eigenvalue weighted by Gasteiger charge is -2.17. The minimum absolute atomic E-state index is 0.245. The van der Waals surface area contributed by atoms with Crippen LogP contribution in [0.1, 0.15) is 24.2 Å². The Bertz CT molecular complexity index is 976. The van der Waals surface area contributed by atoms with Crippen LogP contribution in [-0.4, -0.2) is 60.6 Å². The van der Waals surface area contributed by atoms with Crippen molar-refractivity contribution >= 4 is 0 Å². The fourth-order valence-corrected chi connectivity index (χ4v) is 4.28. The lowest BCUT2D eigenvalue weighted by Crippen LogP contribution is -2.21. The third kappa shape index (κ3) is 4.89. The lowest BCUT2D eigenvalue weighted by molar-refractivity contribution is 0.146. The molecule has 0 bridgehead atoms. The molecule has 1 saturated heterocycles. The van der Waals surface area contributed by atoms with E-state index < -0.39 is 0 Å². The molecule has 4 rings (SSSR count). The molecular weight excluding hydrogens is 392 g/mol. The summed E-state index contributed by atoms with van der Waals surface area (Å²) in [6.07, 6.45) is 0. The number of H-pyrrole nitrogens is 1. The van der Waals surface area contributed by atoms with Crippen LogP contribution in [-0.2, 0) is 11.3 Å². The average Bonchev–Trinajstić information content (AvgIpc) is 3.43. The first kappa shape index (κ1) is 21.3. The van der Waals surface area contributed by atoms with E-state index in [1.807, 2.05) is 43.3 Å². The number of benzene rings is 2. The van der Waals surface area contributed by atoms with Gasteiger partial charge in [-0.05, 0) is 24.6 Å². The molecule has 0 unspecified atom stereocenters. The van der Waals surface area contributed by atoms with Gasteiger partial charge in [0.1, 0.15) is 5.82 Å². The van der Waals surface area contributed by atoms with E-state index in [0.29, 0.717) is 19.1 Å². The maximum absolute atomic E-state index is 5.64. The van der Waals surface area contributed by atoms with Crippen molar-refractivity contribution in [3.63, 3.8) is 0 Å². The zero-order chi connectivity index (χ0) is 21.6. The molecule has 0 radical (unpaired) electrons. The highest BCUT2D eigenvalue weighted by Crippen LogP contribution is 2.34. The normalized spacial score (nSPS) is 18.9. The van der Waals surface area contributed by atoms with Gasteiger partial charge in [-0.25, -0.2) is 4.98 Å². The predicted molar refractivity (Wildman–Crippen MR) is 119 cm³/mol. The van der Waals surface area contributed by atoms with E-state index in [-0.39, 0.29) is 5.92 Å². The number of likely N-dealkylation sites (tertiary alicyclic amines) is 1. The Kier molecular flexibility index (Phi) is 6.84. The second-order valence-corrected chi connectivity index (χ2v) is 7.84. The van der Waals surface area contributed by atoms with Crippen molar-refractivity contribution in [1.29, 1.82) is 0 Å². The van der Waals surface area contributed by atoms with E-state index >= 15 is 0 Å². The fraction of sp³-hybridized carbons (Fsp3) is 0.417. The number of ether oxygens (including phenoxy) is 3. The molecule has 1 fully saturated rings. The Hall–Kier alpha value is -2.90. The van der Waals surface area contributed by atoms with Crippen LogP contribution in [0.2, 0.25) is 0 Å². The first-order valence-corrected chi connectivity index (χ1v) is 10.7. The molecule has 0 saturated carbocycles. The zero-order valence-electron chi connectivity index (χ0n) is 18.4. The standard InChI is InChI=1S/C24H30N4O3/c1-4-31-21-11-10-17(12-22(21)30-3)13-28-14-19(16-29-2)20(15-28)24-25-23(26-27-24)18-8-6-5-7-9-18/h5-12,19-20H,4,13-16H2,1-3H3,(H,25,26,27)/t19-,20+/m0/s1. The quantitative estimate of drug-likeness (QED) is 0.566. The topological polar surface area (TPSA) is 72.5 Å². The first-order chi connectivity index (χ1) is 15.2. The highest BCUT2D eigenvalue weighted by molar-refractivity contribution is 5.54. The van der Waals surface area contributed by atoms with Crippen LogP contribution in [0.3, 0.4) is 0 Å². The van der Waals surface area contributed by atoms with Gasteiger partial charge >= 0.3 is 0 Å². The third-order valence-corrected chi connectivity index (χ3v) is 5.72. The van der Waals surface area contributed by atoms with E-state index in [1.54, 1.807) is 14.2 Å². The number of aromatic amines is 1. The van der Waals surface area contributed by atoms with Gasteiger partial charge in [0.2, 0.25) is 0 Å². The second kappa shape index (κ2) is 9.94. The van der Waals surface area contributed by atoms with Crippen LogP contribution in [0.5, 0.6) is 11.5 Å². The predicted octanol–water partition coefficient (Wildman–Crippen LogP) is 3.74. The molecule has 1 aromatic heterocycles. The van der Waals surface area contributed by atoms with Crippen LogP contribution >= 0.6 is 0 Å². The third-order valence-electron chi connectivity index (χ3n) is 5.72. The Morgan fingerprint density at radius 2 is 1.90 bits per heavy atom. The second-order valence-electron chi connectivity index (χ2n) is 7.84. The van der Waals surface area contributed by atoms with Gasteiger partial charge in [0.05, 0.1) is 20.3 Å². The summed E-state index contributed by atoms with van der Waals surface area (Å²) in [5.74, 6) is 3.81. The Labute approximate surface area is 183 Å². The van der Waals surface area contributed by atoms with Crippen molar-refractivity contribution in [2.45, 2.75) is 19.4 Å². The molecule has 1 N–H and O–H groups in total. The number of hydrogen-bond acceptors (Lipinski definition) is 6. The molecular formula is C24H30N4O3. The zero-order valence-corrected chi connectivity index (χ0v) is 18.4. The summed E-state index contributed by atoms with van der Waals surface area (Å²) in [6, 6.07) is 16.2. The minimum Gasteiger partial charge on any atom is -0.493 e. The highest BCUT2D eigenvalue weighted by atomic mass is 16.5. The molecule has 3 aromatic rings. The summed E-state index contributed by atoms with van der Waals surface area (Å²) in [7, 11) is 3.43. The summed E-state index contributed by atoms with van der Waals surface area (Å²) < 4.78 is 16.7. The highest BCUT2D eigenvalue weighted by Gasteiger charge is 2.36. The lowest BCUT2D eigenvalue weighted by atomic mass is 9.96. The van der Waals surface area contributed by atoms with Gasteiger partial charge in [0, 0.05) is 44.1 Å². The molecule has 31 heavy (non-hydrogen) atoms. The Morgan fingerprint density at radius 3 is 2.65 bits per heavy atom. The van der Waals surface area contributed by atoms with Crippen LogP contribution in [0, 0.1) is 5.92 Å². The average molecular weight is 423 g/mol. The van der Waals surface area contributed by atoms with Gasteiger partial charge in [0.25, 0.3) is 0 Å². The van der Waals surface area contributed by atoms with E-state index in [0.717, 1.165) is 48.3 Å². The maximum atomic E-state index is 5.64. The molecule has 0 aliphatic carbocycles. The van der Waals surface area contributed by atoms with Crippen LogP contribution in [0.4, 0.5) is 0 Å². The molecule has 1 aliphatic heterocycles. The molecule has 0 amide bonds. The maximum Gasteiger partial charge on any atom is 0.181 e. The Morgan fingerprint density at radius 1 is 1.06 bits per heavy atom. The van der Waals surface area contributed by atoms with Crippen molar-refractivity contribution in [2.75, 3.05) is 40.5 Å². The van der Waals surface area contributed by atoms with Crippen molar-refractivity contribution < 1.29 is 14.2 Å². The van der Waals surface area contributed by atoms with Gasteiger partial charge < -0.3 is 14.2 Å². The summed E-state index contributed by atoms with van der Waals surface area (Å²) in [6.45, 7) is 5.95. The van der Waals surface area contributed by atoms with Crippen molar-refractivity contribution in [3.8, 4) is 22.9 Å². The van der Waals surface area contributed by atoms with Crippen molar-refractivity contribution in [2.24, 2.45) is 5.92 Å². The van der Waals surface area contributed by atoms with Gasteiger partial charge in [-0.3, -0.25) is 10.00 Å². The van der Waals surface area contributed by atoms with Gasteiger partial charge in [-0.1, -0.05) is 36.4 Å². The number of methoxy groups -OCH3 is 2. The van der Waals surface area contributed by atoms with Crippen molar-refractivity contribution in [1.82, 2.24) is 20.1 Å². The van der Waals surface area contributed by atoms with Gasteiger partial charge in [0.15, 0.2) is 17.3 Å². The van der Waals surface area contributed by atoms with Gasteiger partial charge in [-0.15, -0.1) is 0 Å². The monoisotopic (exact) mass is 422 g/mol. The number of nitrogens with zero attached hydrogens (tertiary/aromatic N) is 3. The minimum atomic E-state index is 0.245. The Balaban J connectivity index is 1.49.